The Morgan fingerprint density at radius 1 is 1.27 bits per heavy atom. The van der Waals surface area contributed by atoms with Gasteiger partial charge in [-0.15, -0.1) is 0 Å². The number of rotatable bonds is 6. The van der Waals surface area contributed by atoms with Crippen molar-refractivity contribution in [2.24, 2.45) is 11.8 Å². The number of benzene rings is 1. The minimum absolute atomic E-state index is 0.129. The lowest BCUT2D eigenvalue weighted by Gasteiger charge is -2.41. The third kappa shape index (κ3) is 3.11. The molecule has 1 aliphatic carbocycles. The number of unbranched alkanes of at least 4 members (excludes halogenated alkanes) is 1. The predicted octanol–water partition coefficient (Wildman–Crippen LogP) is 4.99. The highest BCUT2D eigenvalue weighted by molar-refractivity contribution is 5.88. The van der Waals surface area contributed by atoms with Gasteiger partial charge in [0, 0.05) is 24.5 Å². The van der Waals surface area contributed by atoms with Gasteiger partial charge in [0.1, 0.15) is 5.75 Å². The SMILES string of the molecule is CCCCC1C(C=Cc2ccc(OC)cc2)C2=CC(=O)OC23CC1N1CCCCC13. The highest BCUT2D eigenvalue weighted by Gasteiger charge is 2.65. The molecule has 1 spiro atoms. The highest BCUT2D eigenvalue weighted by Crippen LogP contribution is 2.59. The van der Waals surface area contributed by atoms with Gasteiger partial charge in [-0.1, -0.05) is 50.5 Å². The standard InChI is InChI=1S/C26H33NO3/c1-3-4-7-21-20(14-11-18-9-12-19(29-2)13-10-18)22-16-25(28)30-26(22)17-23(21)27-15-6-5-8-24(26)27/h9-14,16,20-21,23-24H,3-8,15,17H2,1-2H3. The molecule has 2 saturated heterocycles. The molecule has 5 atom stereocenters. The van der Waals surface area contributed by atoms with Crippen LogP contribution in [-0.4, -0.2) is 42.2 Å². The van der Waals surface area contributed by atoms with E-state index in [0.717, 1.165) is 25.1 Å². The minimum atomic E-state index is -0.375. The fourth-order valence-corrected chi connectivity index (χ4v) is 6.59. The van der Waals surface area contributed by atoms with E-state index in [4.69, 9.17) is 9.47 Å². The molecule has 0 radical (unpaired) electrons. The van der Waals surface area contributed by atoms with Crippen LogP contribution in [0.2, 0.25) is 0 Å². The first-order chi connectivity index (χ1) is 14.7. The fraction of sp³-hybridized carbons (Fsp3) is 0.577. The van der Waals surface area contributed by atoms with Crippen molar-refractivity contribution in [3.05, 3.63) is 47.6 Å². The van der Waals surface area contributed by atoms with Crippen LogP contribution in [0.4, 0.5) is 0 Å². The summed E-state index contributed by atoms with van der Waals surface area (Å²) in [7, 11) is 1.69. The Hall–Kier alpha value is -2.07. The Morgan fingerprint density at radius 3 is 2.87 bits per heavy atom. The summed E-state index contributed by atoms with van der Waals surface area (Å²) in [6.07, 6.45) is 14.7. The van der Waals surface area contributed by atoms with Crippen LogP contribution < -0.4 is 4.74 Å². The number of esters is 1. The summed E-state index contributed by atoms with van der Waals surface area (Å²) in [4.78, 5) is 15.2. The topological polar surface area (TPSA) is 38.8 Å². The molecule has 1 aromatic carbocycles. The predicted molar refractivity (Wildman–Crippen MR) is 118 cm³/mol. The number of carbonyl (C=O) groups excluding carboxylic acids is 1. The van der Waals surface area contributed by atoms with Crippen LogP contribution in [0.25, 0.3) is 6.08 Å². The number of ether oxygens (including phenoxy) is 2. The zero-order chi connectivity index (χ0) is 20.7. The molecule has 3 heterocycles. The molecule has 160 valence electrons. The van der Waals surface area contributed by atoms with Gasteiger partial charge in [0.05, 0.1) is 13.2 Å². The summed E-state index contributed by atoms with van der Waals surface area (Å²) in [5.41, 5.74) is 2.05. The number of methoxy groups -OCH3 is 1. The summed E-state index contributed by atoms with van der Waals surface area (Å²) in [6, 6.07) is 9.09. The van der Waals surface area contributed by atoms with E-state index < -0.39 is 0 Å². The van der Waals surface area contributed by atoms with Crippen molar-refractivity contribution in [1.82, 2.24) is 4.90 Å². The number of hydrogen-bond acceptors (Lipinski definition) is 4. The van der Waals surface area contributed by atoms with Gasteiger partial charge in [-0.2, -0.15) is 0 Å². The van der Waals surface area contributed by atoms with E-state index in [0.29, 0.717) is 18.0 Å². The lowest BCUT2D eigenvalue weighted by atomic mass is 9.65. The summed E-state index contributed by atoms with van der Waals surface area (Å²) in [5.74, 6) is 1.57. The molecule has 3 aliphatic heterocycles. The molecule has 1 aromatic rings. The second-order valence-electron chi connectivity index (χ2n) is 9.40. The lowest BCUT2D eigenvalue weighted by molar-refractivity contribution is -0.149. The third-order valence-electron chi connectivity index (χ3n) is 7.88. The third-order valence-corrected chi connectivity index (χ3v) is 7.88. The molecule has 5 unspecified atom stereocenters. The summed E-state index contributed by atoms with van der Waals surface area (Å²) in [6.45, 7) is 3.43. The van der Waals surface area contributed by atoms with Crippen LogP contribution in [0, 0.1) is 11.8 Å². The lowest BCUT2D eigenvalue weighted by Crippen LogP contribution is -2.48. The molecule has 0 N–H and O–H groups in total. The van der Waals surface area contributed by atoms with Crippen LogP contribution in [0.5, 0.6) is 5.75 Å². The van der Waals surface area contributed by atoms with E-state index in [-0.39, 0.29) is 17.5 Å². The van der Waals surface area contributed by atoms with Gasteiger partial charge in [0.2, 0.25) is 0 Å². The van der Waals surface area contributed by atoms with E-state index in [1.165, 1.54) is 43.2 Å². The van der Waals surface area contributed by atoms with E-state index in [1.54, 1.807) is 7.11 Å². The van der Waals surface area contributed by atoms with Gasteiger partial charge >= 0.3 is 5.97 Å². The molecule has 3 fully saturated rings. The Kier molecular flexibility index (Phi) is 5.22. The molecule has 30 heavy (non-hydrogen) atoms. The van der Waals surface area contributed by atoms with Crippen LogP contribution in [0.3, 0.4) is 0 Å². The summed E-state index contributed by atoms with van der Waals surface area (Å²) >= 11 is 0. The van der Waals surface area contributed by atoms with Crippen molar-refractivity contribution in [3.8, 4) is 5.75 Å². The molecule has 4 aliphatic rings. The van der Waals surface area contributed by atoms with Crippen LogP contribution in [-0.2, 0) is 9.53 Å². The van der Waals surface area contributed by atoms with E-state index in [2.05, 4.69) is 36.1 Å². The highest BCUT2D eigenvalue weighted by atomic mass is 16.6. The first-order valence-electron chi connectivity index (χ1n) is 11.7. The molecule has 0 aromatic heterocycles. The quantitative estimate of drug-likeness (QED) is 0.623. The number of fused-ring (bicyclic) bond motifs is 3. The number of allylic oxidation sites excluding steroid dienone is 1. The number of hydrogen-bond donors (Lipinski definition) is 0. The smallest absolute Gasteiger partial charge is 0.331 e. The van der Waals surface area contributed by atoms with Gasteiger partial charge in [-0.3, -0.25) is 4.90 Å². The van der Waals surface area contributed by atoms with E-state index in [9.17, 15) is 4.79 Å². The fourth-order valence-electron chi connectivity index (χ4n) is 6.59. The zero-order valence-corrected chi connectivity index (χ0v) is 18.2. The van der Waals surface area contributed by atoms with Gasteiger partial charge in [0.15, 0.2) is 5.60 Å². The monoisotopic (exact) mass is 407 g/mol. The molecular formula is C26H33NO3. The molecule has 1 saturated carbocycles. The number of carbonyl (C=O) groups is 1. The Bertz CT molecular complexity index is 858. The Balaban J connectivity index is 1.52. The van der Waals surface area contributed by atoms with Gasteiger partial charge in [0.25, 0.3) is 0 Å². The maximum absolute atomic E-state index is 12.5. The van der Waals surface area contributed by atoms with Crippen LogP contribution in [0.1, 0.15) is 57.4 Å². The maximum atomic E-state index is 12.5. The van der Waals surface area contributed by atoms with Crippen molar-refractivity contribution < 1.29 is 14.3 Å². The average molecular weight is 408 g/mol. The van der Waals surface area contributed by atoms with Gasteiger partial charge in [-0.05, 0) is 55.0 Å². The van der Waals surface area contributed by atoms with E-state index in [1.807, 2.05) is 18.2 Å². The normalized spacial score (nSPS) is 35.1. The first-order valence-corrected chi connectivity index (χ1v) is 11.7. The first kappa shape index (κ1) is 19.9. The largest absolute Gasteiger partial charge is 0.497 e. The van der Waals surface area contributed by atoms with Crippen LogP contribution in [0.15, 0.2) is 42.0 Å². The second-order valence-corrected chi connectivity index (χ2v) is 9.40. The molecular weight excluding hydrogens is 374 g/mol. The number of nitrogens with zero attached hydrogens (tertiary/aromatic N) is 1. The Morgan fingerprint density at radius 2 is 2.10 bits per heavy atom. The summed E-state index contributed by atoms with van der Waals surface area (Å²) < 4.78 is 11.4. The molecule has 4 heteroatoms. The van der Waals surface area contributed by atoms with Crippen molar-refractivity contribution in [2.75, 3.05) is 13.7 Å². The maximum Gasteiger partial charge on any atom is 0.331 e. The zero-order valence-electron chi connectivity index (χ0n) is 18.2. The van der Waals surface area contributed by atoms with Crippen molar-refractivity contribution >= 4 is 12.0 Å². The van der Waals surface area contributed by atoms with E-state index >= 15 is 0 Å². The van der Waals surface area contributed by atoms with Gasteiger partial charge < -0.3 is 9.47 Å². The van der Waals surface area contributed by atoms with Crippen molar-refractivity contribution in [1.29, 1.82) is 0 Å². The summed E-state index contributed by atoms with van der Waals surface area (Å²) in [5, 5.41) is 0. The average Bonchev–Trinajstić information content (AvgIpc) is 3.27. The molecule has 2 bridgehead atoms. The van der Waals surface area contributed by atoms with Crippen LogP contribution >= 0.6 is 0 Å². The molecule has 5 rings (SSSR count). The van der Waals surface area contributed by atoms with Gasteiger partial charge in [-0.25, -0.2) is 4.79 Å². The Labute approximate surface area is 179 Å². The molecule has 0 amide bonds. The van der Waals surface area contributed by atoms with Crippen molar-refractivity contribution in [3.63, 3.8) is 0 Å². The molecule has 4 nitrogen and oxygen atoms in total. The second kappa shape index (κ2) is 7.88. The minimum Gasteiger partial charge on any atom is -0.497 e. The number of piperidine rings is 1. The van der Waals surface area contributed by atoms with Crippen molar-refractivity contribution in [2.45, 2.75) is 69.6 Å².